The lowest BCUT2D eigenvalue weighted by atomic mass is 10.0. The van der Waals surface area contributed by atoms with E-state index in [0.717, 1.165) is 25.6 Å². The third-order valence-electron chi connectivity index (χ3n) is 4.11. The molecule has 4 nitrogen and oxygen atoms in total. The van der Waals surface area contributed by atoms with E-state index in [4.69, 9.17) is 0 Å². The highest BCUT2D eigenvalue weighted by Gasteiger charge is 2.22. The minimum Gasteiger partial charge on any atom is -0.353 e. The summed E-state index contributed by atoms with van der Waals surface area (Å²) in [7, 11) is 0. The van der Waals surface area contributed by atoms with Crippen molar-refractivity contribution in [3.05, 3.63) is 0 Å². The number of piperidine rings is 1. The number of hydrogen-bond donors (Lipinski definition) is 2. The first-order valence-corrected chi connectivity index (χ1v) is 7.51. The highest BCUT2D eigenvalue weighted by molar-refractivity contribution is 5.78. The number of nitrogens with zero attached hydrogens (tertiary/aromatic N) is 1. The van der Waals surface area contributed by atoms with Gasteiger partial charge in [-0.1, -0.05) is 13.3 Å². The lowest BCUT2D eigenvalue weighted by Crippen LogP contribution is -2.47. The molecule has 0 spiro atoms. The standard InChI is InChI=1S/C14H27N3O/c1-2-17-8-4-3-5-13(17)10-16-14(18)11-15-9-12-6-7-12/h12-13,15H,2-11H2,1H3,(H,16,18). The molecule has 1 atom stereocenters. The summed E-state index contributed by atoms with van der Waals surface area (Å²) in [6, 6.07) is 0.552. The molecule has 0 aromatic heterocycles. The van der Waals surface area contributed by atoms with Gasteiger partial charge in [0.2, 0.25) is 5.91 Å². The van der Waals surface area contributed by atoms with Crippen LogP contribution >= 0.6 is 0 Å². The third kappa shape index (κ3) is 4.58. The molecule has 0 aromatic carbocycles. The molecule has 0 radical (unpaired) electrons. The molecule has 1 unspecified atom stereocenters. The maximum Gasteiger partial charge on any atom is 0.234 e. The number of amides is 1. The Labute approximate surface area is 110 Å². The Balaban J connectivity index is 1.58. The second kappa shape index (κ2) is 7.10. The number of likely N-dealkylation sites (tertiary alicyclic amines) is 1. The smallest absolute Gasteiger partial charge is 0.234 e. The summed E-state index contributed by atoms with van der Waals surface area (Å²) < 4.78 is 0. The molecule has 104 valence electrons. The van der Waals surface area contributed by atoms with Crippen molar-refractivity contribution in [3.8, 4) is 0 Å². The number of rotatable bonds is 7. The van der Waals surface area contributed by atoms with Gasteiger partial charge in [-0.3, -0.25) is 9.69 Å². The number of likely N-dealkylation sites (N-methyl/N-ethyl adjacent to an activating group) is 1. The average molecular weight is 253 g/mol. The van der Waals surface area contributed by atoms with Crippen LogP contribution in [0.3, 0.4) is 0 Å². The van der Waals surface area contributed by atoms with Gasteiger partial charge in [-0.2, -0.15) is 0 Å². The summed E-state index contributed by atoms with van der Waals surface area (Å²) in [5, 5.41) is 6.30. The summed E-state index contributed by atoms with van der Waals surface area (Å²) in [6.07, 6.45) is 6.51. The zero-order chi connectivity index (χ0) is 12.8. The van der Waals surface area contributed by atoms with Crippen LogP contribution in [0.1, 0.15) is 39.0 Å². The zero-order valence-corrected chi connectivity index (χ0v) is 11.6. The monoisotopic (exact) mass is 253 g/mol. The summed E-state index contributed by atoms with van der Waals surface area (Å²) in [5.74, 6) is 0.990. The van der Waals surface area contributed by atoms with Gasteiger partial charge in [-0.15, -0.1) is 0 Å². The van der Waals surface area contributed by atoms with Gasteiger partial charge < -0.3 is 10.6 Å². The van der Waals surface area contributed by atoms with Crippen LogP contribution in [-0.4, -0.2) is 49.6 Å². The van der Waals surface area contributed by atoms with Crippen molar-refractivity contribution < 1.29 is 4.79 Å². The van der Waals surface area contributed by atoms with Gasteiger partial charge in [0.1, 0.15) is 0 Å². The van der Waals surface area contributed by atoms with Crippen LogP contribution in [-0.2, 0) is 4.79 Å². The quantitative estimate of drug-likeness (QED) is 0.711. The fourth-order valence-corrected chi connectivity index (χ4v) is 2.71. The number of nitrogens with one attached hydrogen (secondary N) is 2. The molecule has 0 aromatic rings. The molecule has 2 fully saturated rings. The number of hydrogen-bond acceptors (Lipinski definition) is 3. The van der Waals surface area contributed by atoms with E-state index in [1.54, 1.807) is 0 Å². The van der Waals surface area contributed by atoms with Crippen LogP contribution in [0.2, 0.25) is 0 Å². The Kier molecular flexibility index (Phi) is 5.45. The summed E-state index contributed by atoms with van der Waals surface area (Å²) in [5.41, 5.74) is 0. The van der Waals surface area contributed by atoms with Gasteiger partial charge in [0.25, 0.3) is 0 Å². The molecular weight excluding hydrogens is 226 g/mol. The van der Waals surface area contributed by atoms with E-state index in [9.17, 15) is 4.79 Å². The lowest BCUT2D eigenvalue weighted by Gasteiger charge is -2.34. The molecular formula is C14H27N3O. The van der Waals surface area contributed by atoms with Crippen LogP contribution < -0.4 is 10.6 Å². The normalized spacial score (nSPS) is 25.1. The third-order valence-corrected chi connectivity index (χ3v) is 4.11. The van der Waals surface area contributed by atoms with Crippen LogP contribution in [0.5, 0.6) is 0 Å². The van der Waals surface area contributed by atoms with Gasteiger partial charge in [0.15, 0.2) is 0 Å². The Morgan fingerprint density at radius 2 is 2.06 bits per heavy atom. The molecule has 1 saturated carbocycles. The minimum absolute atomic E-state index is 0.150. The van der Waals surface area contributed by atoms with E-state index >= 15 is 0 Å². The van der Waals surface area contributed by atoms with E-state index in [2.05, 4.69) is 22.5 Å². The first-order valence-electron chi connectivity index (χ1n) is 7.51. The van der Waals surface area contributed by atoms with Crippen molar-refractivity contribution in [3.63, 3.8) is 0 Å². The van der Waals surface area contributed by atoms with Gasteiger partial charge in [-0.25, -0.2) is 0 Å². The van der Waals surface area contributed by atoms with Gasteiger partial charge in [-0.05, 0) is 51.2 Å². The van der Waals surface area contributed by atoms with Crippen LogP contribution in [0, 0.1) is 5.92 Å². The predicted octanol–water partition coefficient (Wildman–Crippen LogP) is 0.977. The topological polar surface area (TPSA) is 44.4 Å². The second-order valence-corrected chi connectivity index (χ2v) is 5.66. The Morgan fingerprint density at radius 3 is 2.78 bits per heavy atom. The molecule has 2 aliphatic rings. The largest absolute Gasteiger partial charge is 0.353 e. The van der Waals surface area contributed by atoms with E-state index in [0.29, 0.717) is 12.6 Å². The van der Waals surface area contributed by atoms with Crippen molar-refractivity contribution in [2.24, 2.45) is 5.92 Å². The summed E-state index contributed by atoms with van der Waals surface area (Å²) in [4.78, 5) is 14.2. The SMILES string of the molecule is CCN1CCCCC1CNC(=O)CNCC1CC1. The van der Waals surface area contributed by atoms with Crippen molar-refractivity contribution in [2.45, 2.75) is 45.1 Å². The first kappa shape index (κ1) is 13.8. The van der Waals surface area contributed by atoms with Crippen molar-refractivity contribution >= 4 is 5.91 Å². The maximum atomic E-state index is 11.7. The van der Waals surface area contributed by atoms with Gasteiger partial charge >= 0.3 is 0 Å². The Bertz CT molecular complexity index is 266. The average Bonchev–Trinajstić information content (AvgIpc) is 3.21. The van der Waals surface area contributed by atoms with Gasteiger partial charge in [0.05, 0.1) is 6.54 Å². The number of carbonyl (C=O) groups is 1. The van der Waals surface area contributed by atoms with E-state index in [-0.39, 0.29) is 5.91 Å². The summed E-state index contributed by atoms with van der Waals surface area (Å²) in [6.45, 7) is 6.81. The Hall–Kier alpha value is -0.610. The molecule has 4 heteroatoms. The maximum absolute atomic E-state index is 11.7. The molecule has 1 aliphatic carbocycles. The Morgan fingerprint density at radius 1 is 1.22 bits per heavy atom. The van der Waals surface area contributed by atoms with Crippen molar-refractivity contribution in [1.29, 1.82) is 0 Å². The molecule has 1 heterocycles. The summed E-state index contributed by atoms with van der Waals surface area (Å²) >= 11 is 0. The minimum atomic E-state index is 0.150. The molecule has 2 rings (SSSR count). The van der Waals surface area contributed by atoms with E-state index < -0.39 is 0 Å². The predicted molar refractivity (Wildman–Crippen MR) is 73.5 cm³/mol. The number of carbonyl (C=O) groups excluding carboxylic acids is 1. The first-order chi connectivity index (χ1) is 8.79. The van der Waals surface area contributed by atoms with Crippen LogP contribution in [0.25, 0.3) is 0 Å². The van der Waals surface area contributed by atoms with Crippen LogP contribution in [0.15, 0.2) is 0 Å². The molecule has 2 N–H and O–H groups in total. The van der Waals surface area contributed by atoms with E-state index in [1.165, 1.54) is 38.6 Å². The fraction of sp³-hybridized carbons (Fsp3) is 0.929. The fourth-order valence-electron chi connectivity index (χ4n) is 2.71. The zero-order valence-electron chi connectivity index (χ0n) is 11.6. The highest BCUT2D eigenvalue weighted by atomic mass is 16.1. The van der Waals surface area contributed by atoms with E-state index in [1.807, 2.05) is 0 Å². The van der Waals surface area contributed by atoms with Crippen molar-refractivity contribution in [2.75, 3.05) is 32.7 Å². The lowest BCUT2D eigenvalue weighted by molar-refractivity contribution is -0.120. The van der Waals surface area contributed by atoms with Crippen LogP contribution in [0.4, 0.5) is 0 Å². The van der Waals surface area contributed by atoms with Gasteiger partial charge in [0, 0.05) is 12.6 Å². The molecule has 1 aliphatic heterocycles. The highest BCUT2D eigenvalue weighted by Crippen LogP contribution is 2.27. The molecule has 1 amide bonds. The molecule has 18 heavy (non-hydrogen) atoms. The van der Waals surface area contributed by atoms with Crippen molar-refractivity contribution in [1.82, 2.24) is 15.5 Å². The second-order valence-electron chi connectivity index (χ2n) is 5.66. The molecule has 1 saturated heterocycles. The molecule has 0 bridgehead atoms.